The fraction of sp³-hybridized carbons (Fsp3) is 0.318. The summed E-state index contributed by atoms with van der Waals surface area (Å²) in [5.74, 6) is -0.900. The molecule has 1 fully saturated rings. The van der Waals surface area contributed by atoms with Crippen LogP contribution in [0.5, 0.6) is 5.75 Å². The van der Waals surface area contributed by atoms with Gasteiger partial charge in [0.25, 0.3) is 0 Å². The van der Waals surface area contributed by atoms with Gasteiger partial charge < -0.3 is 19.7 Å². The smallest absolute Gasteiger partial charge is 0.340 e. The molecule has 1 N–H and O–H groups in total. The van der Waals surface area contributed by atoms with Crippen molar-refractivity contribution in [2.75, 3.05) is 32.6 Å². The Balaban J connectivity index is 1.64. The van der Waals surface area contributed by atoms with Gasteiger partial charge in [0.15, 0.2) is 0 Å². The van der Waals surface area contributed by atoms with Crippen LogP contribution in [-0.4, -0.2) is 50.0 Å². The molecule has 2 aromatic carbocycles. The number of hydrogen-bond acceptors (Lipinski definition) is 5. The molecule has 0 aromatic heterocycles. The van der Waals surface area contributed by atoms with Gasteiger partial charge in [-0.25, -0.2) is 4.79 Å². The van der Waals surface area contributed by atoms with Gasteiger partial charge in [-0.2, -0.15) is 0 Å². The molecular weight excluding hydrogens is 372 g/mol. The van der Waals surface area contributed by atoms with Crippen LogP contribution in [0.2, 0.25) is 0 Å². The molecule has 1 heterocycles. The van der Waals surface area contributed by atoms with E-state index in [-0.39, 0.29) is 23.8 Å². The SMILES string of the molecule is COC(=O)c1cc(OC)ccc1NC(=O)C1CC(=O)N(CCc2ccccc2)C1. The van der Waals surface area contributed by atoms with Crippen LogP contribution >= 0.6 is 0 Å². The standard InChI is InChI=1S/C22H24N2O5/c1-28-17-8-9-19(18(13-17)22(27)29-2)23-21(26)16-12-20(25)24(14-16)11-10-15-6-4-3-5-7-15/h3-9,13,16H,10-12,14H2,1-2H3,(H,23,26). The summed E-state index contributed by atoms with van der Waals surface area (Å²) in [4.78, 5) is 38.8. The molecule has 1 aliphatic heterocycles. The zero-order chi connectivity index (χ0) is 20.8. The maximum absolute atomic E-state index is 12.7. The quantitative estimate of drug-likeness (QED) is 0.727. The van der Waals surface area contributed by atoms with E-state index in [1.54, 1.807) is 17.0 Å². The fourth-order valence-corrected chi connectivity index (χ4v) is 3.35. The van der Waals surface area contributed by atoms with Crippen molar-refractivity contribution in [3.05, 3.63) is 59.7 Å². The van der Waals surface area contributed by atoms with Crippen molar-refractivity contribution in [2.45, 2.75) is 12.8 Å². The second kappa shape index (κ2) is 9.23. The molecule has 1 aliphatic rings. The lowest BCUT2D eigenvalue weighted by molar-refractivity contribution is -0.128. The van der Waals surface area contributed by atoms with Crippen LogP contribution < -0.4 is 10.1 Å². The molecule has 152 valence electrons. The zero-order valence-corrected chi connectivity index (χ0v) is 16.5. The number of nitrogens with one attached hydrogen (secondary N) is 1. The van der Waals surface area contributed by atoms with Gasteiger partial charge >= 0.3 is 5.97 Å². The minimum atomic E-state index is -0.578. The number of benzene rings is 2. The molecule has 3 rings (SSSR count). The minimum absolute atomic E-state index is 0.0380. The summed E-state index contributed by atoms with van der Waals surface area (Å²) < 4.78 is 9.91. The van der Waals surface area contributed by atoms with Crippen molar-refractivity contribution in [3.63, 3.8) is 0 Å². The second-order valence-corrected chi connectivity index (χ2v) is 6.87. The first kappa shape index (κ1) is 20.4. The summed E-state index contributed by atoms with van der Waals surface area (Å²) >= 11 is 0. The van der Waals surface area contributed by atoms with E-state index < -0.39 is 11.9 Å². The Morgan fingerprint density at radius 2 is 1.90 bits per heavy atom. The lowest BCUT2D eigenvalue weighted by Crippen LogP contribution is -2.30. The average molecular weight is 396 g/mol. The van der Waals surface area contributed by atoms with E-state index in [4.69, 9.17) is 9.47 Å². The Labute approximate surface area is 169 Å². The Bertz CT molecular complexity index is 897. The molecule has 7 nitrogen and oxygen atoms in total. The first-order valence-electron chi connectivity index (χ1n) is 9.40. The number of carbonyl (C=O) groups is 3. The van der Waals surface area contributed by atoms with Gasteiger partial charge in [-0.1, -0.05) is 30.3 Å². The summed E-state index contributed by atoms with van der Waals surface area (Å²) in [5.41, 5.74) is 1.68. The van der Waals surface area contributed by atoms with Crippen molar-refractivity contribution < 1.29 is 23.9 Å². The minimum Gasteiger partial charge on any atom is -0.497 e. The first-order valence-corrected chi connectivity index (χ1v) is 9.40. The summed E-state index contributed by atoms with van der Waals surface area (Å²) in [6.07, 6.45) is 0.899. The normalized spacial score (nSPS) is 15.9. The molecule has 0 saturated carbocycles. The molecule has 1 saturated heterocycles. The number of hydrogen-bond donors (Lipinski definition) is 1. The van der Waals surface area contributed by atoms with Crippen LogP contribution in [0.4, 0.5) is 5.69 Å². The molecule has 0 bridgehead atoms. The third kappa shape index (κ3) is 4.93. The summed E-state index contributed by atoms with van der Waals surface area (Å²) in [7, 11) is 2.76. The Hall–Kier alpha value is -3.35. The molecule has 0 spiro atoms. The molecule has 1 atom stereocenters. The molecule has 2 aromatic rings. The Kier molecular flexibility index (Phi) is 6.49. The van der Waals surface area contributed by atoms with E-state index in [0.29, 0.717) is 24.5 Å². The Morgan fingerprint density at radius 3 is 2.59 bits per heavy atom. The van der Waals surface area contributed by atoms with E-state index >= 15 is 0 Å². The number of methoxy groups -OCH3 is 2. The van der Waals surface area contributed by atoms with Gasteiger partial charge in [0.2, 0.25) is 11.8 Å². The maximum atomic E-state index is 12.7. The molecule has 0 aliphatic carbocycles. The molecule has 0 radical (unpaired) electrons. The summed E-state index contributed by atoms with van der Waals surface area (Å²) in [6, 6.07) is 14.7. The van der Waals surface area contributed by atoms with Crippen molar-refractivity contribution >= 4 is 23.5 Å². The van der Waals surface area contributed by atoms with E-state index in [1.807, 2.05) is 30.3 Å². The highest BCUT2D eigenvalue weighted by molar-refractivity contribution is 6.03. The number of likely N-dealkylation sites (tertiary alicyclic amines) is 1. The maximum Gasteiger partial charge on any atom is 0.340 e. The number of ether oxygens (including phenoxy) is 2. The fourth-order valence-electron chi connectivity index (χ4n) is 3.35. The predicted molar refractivity (Wildman–Crippen MR) is 108 cm³/mol. The lowest BCUT2D eigenvalue weighted by Gasteiger charge is -2.17. The predicted octanol–water partition coefficient (Wildman–Crippen LogP) is 2.51. The highest BCUT2D eigenvalue weighted by Crippen LogP contribution is 2.25. The average Bonchev–Trinajstić information content (AvgIpc) is 3.13. The van der Waals surface area contributed by atoms with Crippen LogP contribution in [0.1, 0.15) is 22.3 Å². The number of rotatable bonds is 7. The van der Waals surface area contributed by atoms with Crippen molar-refractivity contribution in [2.24, 2.45) is 5.92 Å². The van der Waals surface area contributed by atoms with Crippen LogP contribution in [0.25, 0.3) is 0 Å². The van der Waals surface area contributed by atoms with Gasteiger partial charge in [-0.15, -0.1) is 0 Å². The van der Waals surface area contributed by atoms with Crippen molar-refractivity contribution in [3.8, 4) is 5.75 Å². The van der Waals surface area contributed by atoms with Gasteiger partial charge in [-0.3, -0.25) is 9.59 Å². The first-order chi connectivity index (χ1) is 14.0. The van der Waals surface area contributed by atoms with Gasteiger partial charge in [0.1, 0.15) is 5.75 Å². The van der Waals surface area contributed by atoms with E-state index in [2.05, 4.69) is 5.32 Å². The number of carbonyl (C=O) groups excluding carboxylic acids is 3. The molecule has 1 unspecified atom stereocenters. The topological polar surface area (TPSA) is 84.9 Å². The lowest BCUT2D eigenvalue weighted by atomic mass is 10.1. The third-order valence-electron chi connectivity index (χ3n) is 4.99. The van der Waals surface area contributed by atoms with E-state index in [1.165, 1.54) is 20.3 Å². The second-order valence-electron chi connectivity index (χ2n) is 6.87. The van der Waals surface area contributed by atoms with Crippen molar-refractivity contribution in [1.82, 2.24) is 4.90 Å². The van der Waals surface area contributed by atoms with Crippen molar-refractivity contribution in [1.29, 1.82) is 0 Å². The summed E-state index contributed by atoms with van der Waals surface area (Å²) in [6.45, 7) is 0.934. The third-order valence-corrected chi connectivity index (χ3v) is 4.99. The number of esters is 1. The highest BCUT2D eigenvalue weighted by Gasteiger charge is 2.34. The largest absolute Gasteiger partial charge is 0.497 e. The van der Waals surface area contributed by atoms with Crippen LogP contribution in [0.15, 0.2) is 48.5 Å². The van der Waals surface area contributed by atoms with Gasteiger partial charge in [-0.05, 0) is 30.2 Å². The number of amides is 2. The molecule has 29 heavy (non-hydrogen) atoms. The number of nitrogens with zero attached hydrogens (tertiary/aromatic N) is 1. The van der Waals surface area contributed by atoms with Gasteiger partial charge in [0.05, 0.1) is 31.4 Å². The van der Waals surface area contributed by atoms with Gasteiger partial charge in [0, 0.05) is 19.5 Å². The molecule has 2 amide bonds. The zero-order valence-electron chi connectivity index (χ0n) is 16.5. The summed E-state index contributed by atoms with van der Waals surface area (Å²) in [5, 5.41) is 2.76. The van der Waals surface area contributed by atoms with Crippen LogP contribution in [0.3, 0.4) is 0 Å². The molecular formula is C22H24N2O5. The number of anilines is 1. The van der Waals surface area contributed by atoms with Crippen LogP contribution in [-0.2, 0) is 20.7 Å². The molecule has 7 heteroatoms. The van der Waals surface area contributed by atoms with E-state index in [9.17, 15) is 14.4 Å². The van der Waals surface area contributed by atoms with E-state index in [0.717, 1.165) is 12.0 Å². The van der Waals surface area contributed by atoms with Crippen LogP contribution in [0, 0.1) is 5.92 Å². The monoisotopic (exact) mass is 396 g/mol. The highest BCUT2D eigenvalue weighted by atomic mass is 16.5. The Morgan fingerprint density at radius 1 is 1.14 bits per heavy atom.